The number of carbonyl (C=O) groups is 2. The number of nitrogens with one attached hydrogen (secondary N) is 1. The quantitative estimate of drug-likeness (QED) is 0.543. The smallest absolute Gasteiger partial charge is 0.269 e. The van der Waals surface area contributed by atoms with Crippen LogP contribution in [0.15, 0.2) is 69.8 Å². The van der Waals surface area contributed by atoms with Crippen LogP contribution in [0.3, 0.4) is 0 Å². The first kappa shape index (κ1) is 19.2. The third-order valence-corrected chi connectivity index (χ3v) is 6.26. The van der Waals surface area contributed by atoms with Crippen LogP contribution >= 0.6 is 38.9 Å². The van der Waals surface area contributed by atoms with Gasteiger partial charge in [0.15, 0.2) is 5.78 Å². The van der Waals surface area contributed by atoms with Crippen molar-refractivity contribution < 1.29 is 14.3 Å². The van der Waals surface area contributed by atoms with Crippen molar-refractivity contribution in [1.82, 2.24) is 5.32 Å². The molecule has 1 aliphatic rings. The molecule has 0 radical (unpaired) electrons. The molecule has 2 atom stereocenters. The maximum Gasteiger partial charge on any atom is 0.269 e. The van der Waals surface area contributed by atoms with E-state index >= 15 is 0 Å². The number of piperidine rings is 1. The van der Waals surface area contributed by atoms with Crippen molar-refractivity contribution in [3.05, 3.63) is 86.0 Å². The molecule has 0 bridgehead atoms. The van der Waals surface area contributed by atoms with Gasteiger partial charge < -0.3 is 10.1 Å². The molecule has 0 saturated carbocycles. The number of Topliss-reactive ketones (excluding diaryl/α,β-unsaturated/α-hetero) is 1. The largest absolute Gasteiger partial charge is 0.471 e. The van der Waals surface area contributed by atoms with Crippen LogP contribution in [0.2, 0.25) is 5.02 Å². The first-order valence-corrected chi connectivity index (χ1v) is 10.7. The molecule has 28 heavy (non-hydrogen) atoms. The molecule has 3 aromatic rings. The fraction of sp³-hybridized carbons (Fsp3) is 0.143. The summed E-state index contributed by atoms with van der Waals surface area (Å²) >= 11 is 11.1. The fourth-order valence-corrected chi connectivity index (χ4v) is 4.54. The normalized spacial score (nSPS) is 22.0. The molecular weight excluding hydrogens is 462 g/mol. The lowest BCUT2D eigenvalue weighted by atomic mass is 9.76. The summed E-state index contributed by atoms with van der Waals surface area (Å²) in [5, 5.41) is 7.28. The topological polar surface area (TPSA) is 55.4 Å². The van der Waals surface area contributed by atoms with Gasteiger partial charge in [0.25, 0.3) is 5.91 Å². The van der Waals surface area contributed by atoms with Crippen LogP contribution in [0.1, 0.15) is 17.5 Å². The van der Waals surface area contributed by atoms with Crippen molar-refractivity contribution >= 4 is 50.6 Å². The summed E-state index contributed by atoms with van der Waals surface area (Å²) in [5.41, 5.74) is 0.791. The highest BCUT2D eigenvalue weighted by molar-refractivity contribution is 9.10. The van der Waals surface area contributed by atoms with E-state index in [-0.39, 0.29) is 12.2 Å². The number of ketones is 1. The molecule has 7 heteroatoms. The van der Waals surface area contributed by atoms with E-state index in [1.54, 1.807) is 24.3 Å². The standard InChI is InChI=1S/C21H15BrClNO3S/c22-15-7-5-13(6-8-15)21(14-9-10-28-12-14)11-17(25)19(20(26)24-21)27-18-4-2-1-3-16(18)23/h1-10,12,19H,11H2,(H,24,26)/t19-,21+/m0/s1. The molecule has 0 aliphatic carbocycles. The molecular formula is C21H15BrClNO3S. The molecule has 1 aliphatic heterocycles. The highest BCUT2D eigenvalue weighted by atomic mass is 79.9. The first-order valence-electron chi connectivity index (χ1n) is 8.54. The average molecular weight is 477 g/mol. The number of rotatable bonds is 4. The molecule has 1 fully saturated rings. The van der Waals surface area contributed by atoms with Crippen LogP contribution in [0.4, 0.5) is 0 Å². The van der Waals surface area contributed by atoms with Crippen LogP contribution < -0.4 is 10.1 Å². The van der Waals surface area contributed by atoms with E-state index in [1.807, 2.05) is 41.1 Å². The maximum atomic E-state index is 13.0. The van der Waals surface area contributed by atoms with Gasteiger partial charge in [-0.2, -0.15) is 11.3 Å². The van der Waals surface area contributed by atoms with Gasteiger partial charge in [-0.05, 0) is 52.2 Å². The Morgan fingerprint density at radius 1 is 1.07 bits per heavy atom. The second-order valence-electron chi connectivity index (χ2n) is 6.48. The van der Waals surface area contributed by atoms with Crippen LogP contribution in [-0.2, 0) is 15.1 Å². The van der Waals surface area contributed by atoms with Crippen molar-refractivity contribution in [2.75, 3.05) is 0 Å². The molecule has 4 nitrogen and oxygen atoms in total. The second kappa shape index (κ2) is 7.70. The summed E-state index contributed by atoms with van der Waals surface area (Å²) in [6.07, 6.45) is -1.14. The van der Waals surface area contributed by atoms with E-state index in [4.69, 9.17) is 16.3 Å². The lowest BCUT2D eigenvalue weighted by Gasteiger charge is -2.40. The highest BCUT2D eigenvalue weighted by Crippen LogP contribution is 2.38. The zero-order valence-corrected chi connectivity index (χ0v) is 17.7. The molecule has 1 N–H and O–H groups in total. The van der Waals surface area contributed by atoms with E-state index in [0.29, 0.717) is 10.8 Å². The van der Waals surface area contributed by atoms with Crippen LogP contribution in [0.5, 0.6) is 5.75 Å². The zero-order chi connectivity index (χ0) is 19.7. The Kier molecular flexibility index (Phi) is 5.27. The molecule has 2 aromatic carbocycles. The zero-order valence-electron chi connectivity index (χ0n) is 14.5. The summed E-state index contributed by atoms with van der Waals surface area (Å²) in [6.45, 7) is 0. The Hall–Kier alpha value is -2.15. The van der Waals surface area contributed by atoms with E-state index in [2.05, 4.69) is 21.2 Å². The molecule has 0 unspecified atom stereocenters. The van der Waals surface area contributed by atoms with E-state index < -0.39 is 17.6 Å². The van der Waals surface area contributed by atoms with Crippen molar-refractivity contribution in [1.29, 1.82) is 0 Å². The van der Waals surface area contributed by atoms with Crippen molar-refractivity contribution in [3.63, 3.8) is 0 Å². The summed E-state index contributed by atoms with van der Waals surface area (Å²) in [7, 11) is 0. The summed E-state index contributed by atoms with van der Waals surface area (Å²) in [4.78, 5) is 26.0. The predicted octanol–water partition coefficient (Wildman–Crippen LogP) is 4.94. The molecule has 1 saturated heterocycles. The van der Waals surface area contributed by atoms with E-state index in [0.717, 1.165) is 15.6 Å². The molecule has 0 spiro atoms. The van der Waals surface area contributed by atoms with Crippen molar-refractivity contribution in [3.8, 4) is 5.75 Å². The van der Waals surface area contributed by atoms with Gasteiger partial charge in [-0.3, -0.25) is 9.59 Å². The van der Waals surface area contributed by atoms with Crippen molar-refractivity contribution in [2.45, 2.75) is 18.1 Å². The third kappa shape index (κ3) is 3.48. The lowest BCUT2D eigenvalue weighted by molar-refractivity contribution is -0.144. The Balaban J connectivity index is 1.70. The minimum absolute atomic E-state index is 0.0895. The van der Waals surface area contributed by atoms with Gasteiger partial charge in [0.2, 0.25) is 6.10 Å². The minimum Gasteiger partial charge on any atom is -0.471 e. The third-order valence-electron chi connectivity index (χ3n) is 4.74. The van der Waals surface area contributed by atoms with Gasteiger partial charge >= 0.3 is 0 Å². The number of hydrogen-bond donors (Lipinski definition) is 1. The SMILES string of the molecule is O=C1C[C@@](c2ccc(Br)cc2)(c2ccsc2)NC(=O)[C@H]1Oc1ccccc1Cl. The van der Waals surface area contributed by atoms with Gasteiger partial charge in [-0.1, -0.05) is 51.8 Å². The Morgan fingerprint density at radius 2 is 1.82 bits per heavy atom. The molecule has 1 amide bonds. The van der Waals surface area contributed by atoms with Gasteiger partial charge in [-0.15, -0.1) is 0 Å². The number of carbonyl (C=O) groups excluding carboxylic acids is 2. The Bertz CT molecular complexity index is 1000. The van der Waals surface area contributed by atoms with E-state index in [1.165, 1.54) is 11.3 Å². The van der Waals surface area contributed by atoms with Gasteiger partial charge in [0.1, 0.15) is 5.75 Å². The first-order chi connectivity index (χ1) is 13.5. The highest BCUT2D eigenvalue weighted by Gasteiger charge is 2.48. The fourth-order valence-electron chi connectivity index (χ4n) is 3.36. The molecule has 1 aromatic heterocycles. The van der Waals surface area contributed by atoms with Gasteiger partial charge in [0.05, 0.1) is 10.6 Å². The second-order valence-corrected chi connectivity index (χ2v) is 8.59. The minimum atomic E-state index is -1.23. The van der Waals surface area contributed by atoms with Crippen LogP contribution in [-0.4, -0.2) is 17.8 Å². The van der Waals surface area contributed by atoms with E-state index in [9.17, 15) is 9.59 Å². The maximum absolute atomic E-state index is 13.0. The van der Waals surface area contributed by atoms with Crippen LogP contribution in [0.25, 0.3) is 0 Å². The molecule has 4 rings (SSSR count). The number of benzene rings is 2. The Labute approximate surface area is 179 Å². The summed E-state index contributed by atoms with van der Waals surface area (Å²) in [6, 6.07) is 16.3. The number of para-hydroxylation sites is 1. The molecule has 2 heterocycles. The summed E-state index contributed by atoms with van der Waals surface area (Å²) < 4.78 is 6.60. The predicted molar refractivity (Wildman–Crippen MR) is 113 cm³/mol. The van der Waals surface area contributed by atoms with Gasteiger partial charge in [-0.25, -0.2) is 0 Å². The number of hydrogen-bond acceptors (Lipinski definition) is 4. The number of thiophene rings is 1. The monoisotopic (exact) mass is 475 g/mol. The van der Waals surface area contributed by atoms with Crippen molar-refractivity contribution in [2.24, 2.45) is 0 Å². The Morgan fingerprint density at radius 3 is 2.46 bits per heavy atom. The lowest BCUT2D eigenvalue weighted by Crippen LogP contribution is -2.60. The number of halogens is 2. The summed E-state index contributed by atoms with van der Waals surface area (Å²) in [5.74, 6) is -0.465. The number of ether oxygens (including phenoxy) is 1. The molecule has 142 valence electrons. The van der Waals surface area contributed by atoms with Gasteiger partial charge in [0, 0.05) is 10.9 Å². The average Bonchev–Trinajstić information content (AvgIpc) is 3.22. The van der Waals surface area contributed by atoms with Crippen LogP contribution in [0, 0.1) is 0 Å². The number of amides is 1.